The van der Waals surface area contributed by atoms with Crippen LogP contribution in [0.25, 0.3) is 0 Å². The van der Waals surface area contributed by atoms with Crippen LogP contribution >= 0.6 is 0 Å². The topological polar surface area (TPSA) is 69.7 Å². The highest BCUT2D eigenvalue weighted by molar-refractivity contribution is 5.99. The van der Waals surface area contributed by atoms with Crippen molar-refractivity contribution in [3.05, 3.63) is 71.3 Å². The van der Waals surface area contributed by atoms with Crippen molar-refractivity contribution in [2.45, 2.75) is 6.42 Å². The Balaban J connectivity index is 1.96. The summed E-state index contributed by atoms with van der Waals surface area (Å²) in [6, 6.07) is 14.9. The molecule has 2 aromatic rings. The first-order valence-corrected chi connectivity index (χ1v) is 7.07. The van der Waals surface area contributed by atoms with Crippen LogP contribution in [-0.4, -0.2) is 25.0 Å². The van der Waals surface area contributed by atoms with Crippen LogP contribution in [0, 0.1) is 11.8 Å². The first-order valence-electron chi connectivity index (χ1n) is 7.07. The average Bonchev–Trinajstić information content (AvgIpc) is 2.62. The van der Waals surface area contributed by atoms with E-state index in [1.807, 2.05) is 30.3 Å². The minimum absolute atomic E-state index is 0.0854. The second-order valence-corrected chi connectivity index (χ2v) is 4.68. The second kappa shape index (κ2) is 8.30. The molecule has 0 spiro atoms. The van der Waals surface area contributed by atoms with Gasteiger partial charge in [-0.1, -0.05) is 36.1 Å². The van der Waals surface area contributed by atoms with Gasteiger partial charge in [-0.15, -0.1) is 0 Å². The highest BCUT2D eigenvalue weighted by Crippen LogP contribution is 2.08. The van der Waals surface area contributed by atoms with E-state index in [0.29, 0.717) is 0 Å². The van der Waals surface area contributed by atoms with Crippen LogP contribution in [-0.2, 0) is 14.3 Å². The molecule has 0 radical (unpaired) electrons. The van der Waals surface area contributed by atoms with Crippen LogP contribution in [0.2, 0.25) is 0 Å². The summed E-state index contributed by atoms with van der Waals surface area (Å²) in [6.07, 6.45) is -0.211. The van der Waals surface area contributed by atoms with Crippen molar-refractivity contribution in [2.24, 2.45) is 0 Å². The standard InChI is InChI=1S/C19H14O5/c1-23-18(21)15-10-6-11-16(13-15)19(22)24-17(20)12-5-9-14-7-3-2-4-8-14/h2-4,6-8,10-11,13H,12H2,1H3. The minimum Gasteiger partial charge on any atom is -0.465 e. The summed E-state index contributed by atoms with van der Waals surface area (Å²) < 4.78 is 9.28. The molecule has 0 saturated carbocycles. The van der Waals surface area contributed by atoms with E-state index in [9.17, 15) is 14.4 Å². The van der Waals surface area contributed by atoms with Crippen LogP contribution < -0.4 is 0 Å². The summed E-state index contributed by atoms with van der Waals surface area (Å²) in [7, 11) is 1.24. The molecular weight excluding hydrogens is 308 g/mol. The molecule has 120 valence electrons. The van der Waals surface area contributed by atoms with Gasteiger partial charge in [0, 0.05) is 5.56 Å². The van der Waals surface area contributed by atoms with Gasteiger partial charge in [0.05, 0.1) is 18.2 Å². The summed E-state index contributed by atoms with van der Waals surface area (Å²) in [4.78, 5) is 35.0. The molecule has 24 heavy (non-hydrogen) atoms. The van der Waals surface area contributed by atoms with Gasteiger partial charge >= 0.3 is 17.9 Å². The van der Waals surface area contributed by atoms with Crippen molar-refractivity contribution in [1.82, 2.24) is 0 Å². The fourth-order valence-electron chi connectivity index (χ4n) is 1.83. The first kappa shape index (κ1) is 17.0. The maximum absolute atomic E-state index is 11.9. The number of carbonyl (C=O) groups is 3. The lowest BCUT2D eigenvalue weighted by Crippen LogP contribution is -2.12. The maximum atomic E-state index is 11.9. The van der Waals surface area contributed by atoms with Gasteiger partial charge < -0.3 is 9.47 Å². The normalized spacial score (nSPS) is 9.38. The van der Waals surface area contributed by atoms with Gasteiger partial charge in [-0.3, -0.25) is 4.79 Å². The van der Waals surface area contributed by atoms with Crippen molar-refractivity contribution in [3.8, 4) is 11.8 Å². The molecule has 0 aliphatic rings. The van der Waals surface area contributed by atoms with E-state index in [1.165, 1.54) is 31.4 Å². The maximum Gasteiger partial charge on any atom is 0.345 e. The molecular formula is C19H14O5. The van der Waals surface area contributed by atoms with Gasteiger partial charge in [0.2, 0.25) is 0 Å². The third-order valence-electron chi connectivity index (χ3n) is 2.97. The van der Waals surface area contributed by atoms with E-state index in [2.05, 4.69) is 16.6 Å². The van der Waals surface area contributed by atoms with Gasteiger partial charge in [-0.2, -0.15) is 0 Å². The Kier molecular flexibility index (Phi) is 5.87. The molecule has 0 bridgehead atoms. The van der Waals surface area contributed by atoms with Crippen LogP contribution in [0.1, 0.15) is 32.7 Å². The minimum atomic E-state index is -0.840. The van der Waals surface area contributed by atoms with E-state index in [-0.39, 0.29) is 17.5 Å². The van der Waals surface area contributed by atoms with Crippen LogP contribution in [0.4, 0.5) is 0 Å². The Hall–Kier alpha value is -3.39. The lowest BCUT2D eigenvalue weighted by molar-refractivity contribution is -0.136. The summed E-state index contributed by atoms with van der Waals surface area (Å²) >= 11 is 0. The number of esters is 3. The number of hydrogen-bond donors (Lipinski definition) is 0. The van der Waals surface area contributed by atoms with E-state index < -0.39 is 17.9 Å². The molecule has 0 unspecified atom stereocenters. The number of benzene rings is 2. The average molecular weight is 322 g/mol. The van der Waals surface area contributed by atoms with Crippen molar-refractivity contribution >= 4 is 17.9 Å². The third-order valence-corrected chi connectivity index (χ3v) is 2.97. The summed E-state index contributed by atoms with van der Waals surface area (Å²) in [6.45, 7) is 0. The summed E-state index contributed by atoms with van der Waals surface area (Å²) in [5, 5.41) is 0. The third kappa shape index (κ3) is 4.82. The van der Waals surface area contributed by atoms with Gasteiger partial charge in [0.15, 0.2) is 0 Å². The number of carbonyl (C=O) groups excluding carboxylic acids is 3. The Morgan fingerprint density at radius 3 is 2.25 bits per heavy atom. The second-order valence-electron chi connectivity index (χ2n) is 4.68. The largest absolute Gasteiger partial charge is 0.465 e. The van der Waals surface area contributed by atoms with E-state index in [1.54, 1.807) is 0 Å². The predicted octanol–water partition coefficient (Wildman–Crippen LogP) is 2.60. The van der Waals surface area contributed by atoms with Gasteiger partial charge in [0.25, 0.3) is 0 Å². The summed E-state index contributed by atoms with van der Waals surface area (Å²) in [5.74, 6) is 3.27. The Labute approximate surface area is 139 Å². The van der Waals surface area contributed by atoms with Crippen molar-refractivity contribution in [2.75, 3.05) is 7.11 Å². The fourth-order valence-corrected chi connectivity index (χ4v) is 1.83. The molecule has 0 heterocycles. The van der Waals surface area contributed by atoms with Gasteiger partial charge in [-0.05, 0) is 30.3 Å². The molecule has 0 saturated heterocycles. The van der Waals surface area contributed by atoms with Crippen LogP contribution in [0.3, 0.4) is 0 Å². The number of rotatable bonds is 3. The van der Waals surface area contributed by atoms with Crippen molar-refractivity contribution < 1.29 is 23.9 Å². The zero-order valence-electron chi connectivity index (χ0n) is 12.9. The fraction of sp³-hybridized carbons (Fsp3) is 0.105. The molecule has 0 atom stereocenters. The SMILES string of the molecule is COC(=O)c1cccc(C(=O)OC(=O)CC#Cc2ccccc2)c1. The zero-order valence-corrected chi connectivity index (χ0v) is 12.9. The Bertz CT molecular complexity index is 812. The number of methoxy groups -OCH3 is 1. The van der Waals surface area contributed by atoms with Crippen molar-refractivity contribution in [3.63, 3.8) is 0 Å². The lowest BCUT2D eigenvalue weighted by atomic mass is 10.1. The van der Waals surface area contributed by atoms with E-state index in [0.717, 1.165) is 5.56 Å². The van der Waals surface area contributed by atoms with E-state index >= 15 is 0 Å². The highest BCUT2D eigenvalue weighted by Gasteiger charge is 2.14. The molecule has 5 nitrogen and oxygen atoms in total. The smallest absolute Gasteiger partial charge is 0.345 e. The molecule has 0 N–H and O–H groups in total. The zero-order chi connectivity index (χ0) is 17.4. The molecule has 0 amide bonds. The molecule has 2 aromatic carbocycles. The molecule has 0 aliphatic heterocycles. The molecule has 0 fully saturated rings. The predicted molar refractivity (Wildman–Crippen MR) is 86.1 cm³/mol. The monoisotopic (exact) mass is 322 g/mol. The molecule has 2 rings (SSSR count). The number of ether oxygens (including phenoxy) is 2. The Morgan fingerprint density at radius 2 is 1.58 bits per heavy atom. The van der Waals surface area contributed by atoms with Crippen LogP contribution in [0.5, 0.6) is 0 Å². The first-order chi connectivity index (χ1) is 11.6. The quantitative estimate of drug-likeness (QED) is 0.493. The van der Waals surface area contributed by atoms with E-state index in [4.69, 9.17) is 4.74 Å². The van der Waals surface area contributed by atoms with Crippen LogP contribution in [0.15, 0.2) is 54.6 Å². The Morgan fingerprint density at radius 1 is 0.917 bits per heavy atom. The van der Waals surface area contributed by atoms with Gasteiger partial charge in [-0.25, -0.2) is 9.59 Å². The van der Waals surface area contributed by atoms with Crippen molar-refractivity contribution in [1.29, 1.82) is 0 Å². The highest BCUT2D eigenvalue weighted by atomic mass is 16.6. The lowest BCUT2D eigenvalue weighted by Gasteiger charge is -2.03. The molecule has 5 heteroatoms. The summed E-state index contributed by atoms with van der Waals surface area (Å²) in [5.41, 5.74) is 1.05. The molecule has 0 aromatic heterocycles. The molecule has 0 aliphatic carbocycles. The number of hydrogen-bond acceptors (Lipinski definition) is 5. The van der Waals surface area contributed by atoms with Gasteiger partial charge in [0.1, 0.15) is 6.42 Å².